The minimum Gasteiger partial charge on any atom is -0.0654 e. The van der Waals surface area contributed by atoms with Crippen molar-refractivity contribution in [1.29, 1.82) is 0 Å². The van der Waals surface area contributed by atoms with E-state index in [1.54, 1.807) is 0 Å². The Hall–Kier alpha value is 0. The van der Waals surface area contributed by atoms with Crippen molar-refractivity contribution in [3.63, 3.8) is 0 Å². The third-order valence-electron chi connectivity index (χ3n) is 10.9. The maximum absolute atomic E-state index is 2.30. The maximum atomic E-state index is 2.30. The van der Waals surface area contributed by atoms with Crippen molar-refractivity contribution in [2.75, 3.05) is 0 Å². The van der Waals surface area contributed by atoms with Crippen LogP contribution in [0.5, 0.6) is 0 Å². The summed E-state index contributed by atoms with van der Waals surface area (Å²) in [5.41, 5.74) is 0. The Bertz CT molecular complexity index is 436. The van der Waals surface area contributed by atoms with Gasteiger partial charge in [0.15, 0.2) is 0 Å². The van der Waals surface area contributed by atoms with E-state index in [4.69, 9.17) is 0 Å². The van der Waals surface area contributed by atoms with Crippen LogP contribution in [0.4, 0.5) is 0 Å². The van der Waals surface area contributed by atoms with Gasteiger partial charge in [-0.15, -0.1) is 0 Å². The summed E-state index contributed by atoms with van der Waals surface area (Å²) in [4.78, 5) is 0. The van der Waals surface area contributed by atoms with Gasteiger partial charge >= 0.3 is 0 Å². The Morgan fingerprint density at radius 1 is 0.104 bits per heavy atom. The molecule has 0 aromatic rings. The van der Waals surface area contributed by atoms with Crippen molar-refractivity contribution in [2.45, 2.75) is 310 Å². The zero-order chi connectivity index (χ0) is 35.1. The third kappa shape index (κ3) is 52.8. The lowest BCUT2D eigenvalue weighted by Gasteiger charge is -2.04. The van der Waals surface area contributed by atoms with Gasteiger partial charge in [0.2, 0.25) is 0 Å². The van der Waals surface area contributed by atoms with Crippen LogP contribution in [0.15, 0.2) is 0 Å². The lowest BCUT2D eigenvalue weighted by atomic mass is 10.0. The van der Waals surface area contributed by atoms with Gasteiger partial charge < -0.3 is 0 Å². The third-order valence-corrected chi connectivity index (χ3v) is 10.9. The van der Waals surface area contributed by atoms with Crippen molar-refractivity contribution in [3.05, 3.63) is 0 Å². The molecular formula is C48H100. The highest BCUT2D eigenvalue weighted by atomic mass is 14.0. The minimum absolute atomic E-state index is 1.37. The molecule has 0 aliphatic rings. The topological polar surface area (TPSA) is 0 Å². The van der Waals surface area contributed by atoms with E-state index in [9.17, 15) is 0 Å². The molecule has 292 valence electrons. The molecule has 0 atom stereocenters. The monoisotopic (exact) mass is 677 g/mol. The van der Waals surface area contributed by atoms with Crippen molar-refractivity contribution >= 4 is 0 Å². The van der Waals surface area contributed by atoms with E-state index in [0.29, 0.717) is 0 Å². The Kier molecular flexibility index (Phi) is 53.6. The first-order valence-electron chi connectivity index (χ1n) is 23.8. The molecule has 0 aliphatic heterocycles. The van der Waals surface area contributed by atoms with Crippen LogP contribution in [-0.4, -0.2) is 0 Å². The van der Waals surface area contributed by atoms with Crippen LogP contribution in [-0.2, 0) is 0 Å². The SMILES string of the molecule is CCCCCCCCCCCCCCCCCCCC.CCCCCCCCCCCCCCCCCCCCCCCCCCCC. The maximum Gasteiger partial charge on any atom is -0.0533 e. The first kappa shape index (κ1) is 50.1. The van der Waals surface area contributed by atoms with Gasteiger partial charge in [0, 0.05) is 0 Å². The standard InChI is InChI=1S/C28H58.C20H42/c1-3-5-7-9-11-13-15-17-19-21-23-25-27-28-26-24-22-20-18-16-14-12-10-8-6-4-2;1-3-5-7-9-11-13-15-17-19-20-18-16-14-12-10-8-6-4-2/h3-28H2,1-2H3;3-20H2,1-2H3. The highest BCUT2D eigenvalue weighted by Gasteiger charge is 1.97. The van der Waals surface area contributed by atoms with Crippen LogP contribution in [0.1, 0.15) is 310 Å². The lowest BCUT2D eigenvalue weighted by molar-refractivity contribution is 0.516. The van der Waals surface area contributed by atoms with E-state index in [-0.39, 0.29) is 0 Å². The summed E-state index contributed by atoms with van der Waals surface area (Å²) in [5.74, 6) is 0. The first-order chi connectivity index (χ1) is 23.8. The van der Waals surface area contributed by atoms with E-state index >= 15 is 0 Å². The largest absolute Gasteiger partial charge is 0.0654 e. The second-order valence-electron chi connectivity index (χ2n) is 16.1. The summed E-state index contributed by atoms with van der Waals surface area (Å²) < 4.78 is 0. The highest BCUT2D eigenvalue weighted by Crippen LogP contribution is 2.17. The van der Waals surface area contributed by atoms with Gasteiger partial charge in [-0.3, -0.25) is 0 Å². The quantitative estimate of drug-likeness (QED) is 0.0565. The fourth-order valence-electron chi connectivity index (χ4n) is 7.36. The Morgan fingerprint density at radius 2 is 0.167 bits per heavy atom. The molecule has 48 heavy (non-hydrogen) atoms. The minimum atomic E-state index is 1.37. The predicted molar refractivity (Wildman–Crippen MR) is 226 cm³/mol. The summed E-state index contributed by atoms with van der Waals surface area (Å²) in [6, 6.07) is 0. The molecule has 0 N–H and O–H groups in total. The molecule has 0 fully saturated rings. The van der Waals surface area contributed by atoms with Crippen molar-refractivity contribution < 1.29 is 0 Å². The van der Waals surface area contributed by atoms with Gasteiger partial charge in [-0.1, -0.05) is 310 Å². The number of hydrogen-bond acceptors (Lipinski definition) is 0. The van der Waals surface area contributed by atoms with Gasteiger partial charge in [0.25, 0.3) is 0 Å². The van der Waals surface area contributed by atoms with Crippen molar-refractivity contribution in [1.82, 2.24) is 0 Å². The Labute approximate surface area is 309 Å². The molecule has 0 nitrogen and oxygen atoms in total. The average Bonchev–Trinajstić information content (AvgIpc) is 3.10. The zero-order valence-corrected chi connectivity index (χ0v) is 35.1. The number of hydrogen-bond donors (Lipinski definition) is 0. The van der Waals surface area contributed by atoms with E-state index in [1.165, 1.54) is 283 Å². The van der Waals surface area contributed by atoms with Crippen molar-refractivity contribution in [2.24, 2.45) is 0 Å². The number of rotatable bonds is 42. The molecule has 0 heteroatoms. The molecule has 0 amide bonds. The van der Waals surface area contributed by atoms with Crippen LogP contribution >= 0.6 is 0 Å². The van der Waals surface area contributed by atoms with Gasteiger partial charge in [-0.25, -0.2) is 0 Å². The molecule has 0 aliphatic carbocycles. The van der Waals surface area contributed by atoms with Crippen LogP contribution < -0.4 is 0 Å². The van der Waals surface area contributed by atoms with Crippen LogP contribution in [0, 0.1) is 0 Å². The van der Waals surface area contributed by atoms with E-state index < -0.39 is 0 Å². The van der Waals surface area contributed by atoms with Crippen LogP contribution in [0.25, 0.3) is 0 Å². The summed E-state index contributed by atoms with van der Waals surface area (Å²) in [6.45, 7) is 9.20. The van der Waals surface area contributed by atoms with Gasteiger partial charge in [-0.05, 0) is 0 Å². The van der Waals surface area contributed by atoms with Crippen LogP contribution in [0.2, 0.25) is 0 Å². The van der Waals surface area contributed by atoms with Gasteiger partial charge in [0.1, 0.15) is 0 Å². The van der Waals surface area contributed by atoms with Gasteiger partial charge in [0.05, 0.1) is 0 Å². The second-order valence-corrected chi connectivity index (χ2v) is 16.1. The first-order valence-corrected chi connectivity index (χ1v) is 23.8. The molecule has 0 aromatic heterocycles. The fraction of sp³-hybridized carbons (Fsp3) is 1.00. The van der Waals surface area contributed by atoms with E-state index in [0.717, 1.165) is 0 Å². The molecule has 0 spiro atoms. The fourth-order valence-corrected chi connectivity index (χ4v) is 7.36. The lowest BCUT2D eigenvalue weighted by Crippen LogP contribution is -1.84. The summed E-state index contributed by atoms with van der Waals surface area (Å²) in [6.07, 6.45) is 64.8. The van der Waals surface area contributed by atoms with Crippen LogP contribution in [0.3, 0.4) is 0 Å². The smallest absolute Gasteiger partial charge is 0.0533 e. The molecule has 0 bridgehead atoms. The second kappa shape index (κ2) is 51.4. The summed E-state index contributed by atoms with van der Waals surface area (Å²) in [7, 11) is 0. The molecule has 0 saturated carbocycles. The molecule has 0 radical (unpaired) electrons. The zero-order valence-electron chi connectivity index (χ0n) is 35.1. The molecular weight excluding hydrogens is 577 g/mol. The highest BCUT2D eigenvalue weighted by molar-refractivity contribution is 4.53. The average molecular weight is 677 g/mol. The number of unbranched alkanes of at least 4 members (excludes halogenated alkanes) is 42. The van der Waals surface area contributed by atoms with E-state index in [2.05, 4.69) is 27.7 Å². The van der Waals surface area contributed by atoms with E-state index in [1.807, 2.05) is 0 Å². The molecule has 0 aromatic carbocycles. The molecule has 0 rings (SSSR count). The summed E-state index contributed by atoms with van der Waals surface area (Å²) >= 11 is 0. The Balaban J connectivity index is 0. The molecule has 0 unspecified atom stereocenters. The Morgan fingerprint density at radius 3 is 0.229 bits per heavy atom. The van der Waals surface area contributed by atoms with Gasteiger partial charge in [-0.2, -0.15) is 0 Å². The van der Waals surface area contributed by atoms with Crippen molar-refractivity contribution in [3.8, 4) is 0 Å². The molecule has 0 saturated heterocycles. The molecule has 0 heterocycles. The predicted octanol–water partition coefficient (Wildman–Crippen LogP) is 19.2. The summed E-state index contributed by atoms with van der Waals surface area (Å²) in [5, 5.41) is 0. The normalized spacial score (nSPS) is 11.2.